The van der Waals surface area contributed by atoms with Crippen molar-refractivity contribution in [2.24, 2.45) is 0 Å². The first-order valence-corrected chi connectivity index (χ1v) is 8.49. The second kappa shape index (κ2) is 6.69. The third-order valence-electron chi connectivity index (χ3n) is 4.57. The van der Waals surface area contributed by atoms with E-state index in [1.54, 1.807) is 7.11 Å². The summed E-state index contributed by atoms with van der Waals surface area (Å²) in [6.07, 6.45) is 1.03. The van der Waals surface area contributed by atoms with Gasteiger partial charge in [-0.25, -0.2) is 0 Å². The van der Waals surface area contributed by atoms with Gasteiger partial charge in [0.2, 0.25) is 0 Å². The van der Waals surface area contributed by atoms with Crippen LogP contribution in [0.15, 0.2) is 41.6 Å². The molecule has 2 N–H and O–H groups in total. The first-order valence-electron chi connectivity index (χ1n) is 8.08. The molecule has 0 saturated carbocycles. The van der Waals surface area contributed by atoms with Crippen molar-refractivity contribution in [2.45, 2.75) is 32.0 Å². The zero-order chi connectivity index (χ0) is 16.4. The van der Waals surface area contributed by atoms with E-state index in [0.717, 1.165) is 23.5 Å². The van der Waals surface area contributed by atoms with Gasteiger partial charge in [0.25, 0.3) is 0 Å². The minimum absolute atomic E-state index is 0.131. The normalized spacial score (nSPS) is 26.7. The Morgan fingerprint density at radius 3 is 2.78 bits per heavy atom. The van der Waals surface area contributed by atoms with Gasteiger partial charge in [0.1, 0.15) is 17.2 Å². The van der Waals surface area contributed by atoms with Crippen molar-refractivity contribution >= 4 is 17.2 Å². The van der Waals surface area contributed by atoms with Gasteiger partial charge in [-0.2, -0.15) is 0 Å². The minimum Gasteiger partial charge on any atom is -0.379 e. The van der Waals surface area contributed by atoms with Crippen LogP contribution in [0.3, 0.4) is 0 Å². The number of nitrogens with one attached hydrogen (secondary N) is 2. The summed E-state index contributed by atoms with van der Waals surface area (Å²) in [5.41, 5.74) is 3.62. The molecule has 4 nitrogen and oxygen atoms in total. The van der Waals surface area contributed by atoms with Gasteiger partial charge < -0.3 is 14.8 Å². The molecule has 2 aliphatic rings. The number of quaternary nitrogens is 1. The van der Waals surface area contributed by atoms with Crippen LogP contribution in [0.25, 0.3) is 0 Å². The molecule has 0 saturated heterocycles. The van der Waals surface area contributed by atoms with E-state index in [-0.39, 0.29) is 11.8 Å². The smallest absolute Gasteiger partial charge is 0.192 e. The highest BCUT2D eigenvalue weighted by Gasteiger charge is 2.42. The lowest BCUT2D eigenvalue weighted by molar-refractivity contribution is -0.901. The van der Waals surface area contributed by atoms with Gasteiger partial charge in [-0.15, -0.1) is 0 Å². The number of ether oxygens (including phenoxy) is 2. The number of methoxy groups -OCH3 is 1. The molecule has 0 fully saturated rings. The van der Waals surface area contributed by atoms with Gasteiger partial charge in [0.15, 0.2) is 6.17 Å². The fourth-order valence-electron chi connectivity index (χ4n) is 3.36. The summed E-state index contributed by atoms with van der Waals surface area (Å²) in [4.78, 5) is 2.21. The lowest BCUT2D eigenvalue weighted by Gasteiger charge is -2.42. The zero-order valence-electron chi connectivity index (χ0n) is 14.0. The molecule has 1 aromatic carbocycles. The maximum absolute atomic E-state index is 5.97. The highest BCUT2D eigenvalue weighted by Crippen LogP contribution is 2.29. The standard InChI is InChI=1S/C18H24N2O2S/c1-18(2)11-15-14(12-22-18)17(23)19-16(20(15)9-10-21-3)13-7-5-4-6-8-13/h4-8,16H,9-12H2,1-3H3,(H,19,23)/p+1/t16-/m0/s1. The Morgan fingerprint density at radius 1 is 1.35 bits per heavy atom. The molecular formula is C18H25N2O2S+. The van der Waals surface area contributed by atoms with Crippen LogP contribution in [-0.2, 0) is 9.47 Å². The van der Waals surface area contributed by atoms with Gasteiger partial charge in [0, 0.05) is 12.7 Å². The monoisotopic (exact) mass is 333 g/mol. The first kappa shape index (κ1) is 16.6. The van der Waals surface area contributed by atoms with Crippen LogP contribution in [0.2, 0.25) is 0 Å². The van der Waals surface area contributed by atoms with E-state index < -0.39 is 0 Å². The van der Waals surface area contributed by atoms with E-state index in [2.05, 4.69) is 43.4 Å². The fourth-order valence-corrected chi connectivity index (χ4v) is 3.66. The van der Waals surface area contributed by atoms with Gasteiger partial charge in [-0.1, -0.05) is 42.5 Å². The molecule has 0 bridgehead atoms. The number of rotatable bonds is 4. The van der Waals surface area contributed by atoms with Gasteiger partial charge in [0.05, 0.1) is 30.8 Å². The second-order valence-electron chi connectivity index (χ2n) is 6.77. The quantitative estimate of drug-likeness (QED) is 0.821. The lowest BCUT2D eigenvalue weighted by atomic mass is 9.92. The Balaban J connectivity index is 1.99. The summed E-state index contributed by atoms with van der Waals surface area (Å²) >= 11 is 5.63. The number of hydrogen-bond donors (Lipinski definition) is 2. The van der Waals surface area contributed by atoms with Crippen LogP contribution in [-0.4, -0.2) is 37.5 Å². The average molecular weight is 333 g/mol. The second-order valence-corrected chi connectivity index (χ2v) is 7.18. The van der Waals surface area contributed by atoms with Gasteiger partial charge >= 0.3 is 0 Å². The summed E-state index contributed by atoms with van der Waals surface area (Å²) in [6, 6.07) is 10.5. The van der Waals surface area contributed by atoms with Crippen molar-refractivity contribution in [1.29, 1.82) is 0 Å². The van der Waals surface area contributed by atoms with E-state index in [0.29, 0.717) is 13.2 Å². The van der Waals surface area contributed by atoms with E-state index in [1.807, 2.05) is 6.07 Å². The summed E-state index contributed by atoms with van der Waals surface area (Å²) in [6.45, 7) is 6.50. The third-order valence-corrected chi connectivity index (χ3v) is 4.93. The molecule has 1 unspecified atom stereocenters. The summed E-state index contributed by atoms with van der Waals surface area (Å²) in [5.74, 6) is 0. The van der Waals surface area contributed by atoms with Crippen molar-refractivity contribution < 1.29 is 14.4 Å². The lowest BCUT2D eigenvalue weighted by Crippen LogP contribution is -3.14. The molecule has 0 aromatic heterocycles. The SMILES string of the molecule is COCC[NH+]1C2=C(COC(C)(C)C2)C(=S)N[C@@H]1c1ccccc1. The van der Waals surface area contributed by atoms with Crippen molar-refractivity contribution in [1.82, 2.24) is 5.32 Å². The maximum Gasteiger partial charge on any atom is 0.192 e. The Labute approximate surface area is 143 Å². The summed E-state index contributed by atoms with van der Waals surface area (Å²) < 4.78 is 11.3. The Kier molecular flexibility index (Phi) is 4.82. The number of benzene rings is 1. The molecule has 0 aliphatic carbocycles. The van der Waals surface area contributed by atoms with Crippen LogP contribution in [0.4, 0.5) is 0 Å². The molecule has 2 heterocycles. The fraction of sp³-hybridized carbons (Fsp3) is 0.500. The summed E-state index contributed by atoms with van der Waals surface area (Å²) in [7, 11) is 1.75. The molecule has 0 amide bonds. The topological polar surface area (TPSA) is 34.9 Å². The Hall–Kier alpha value is -1.27. The number of thiocarbonyl (C=S) groups is 1. The maximum atomic E-state index is 5.97. The minimum atomic E-state index is -0.147. The highest BCUT2D eigenvalue weighted by atomic mass is 32.1. The molecule has 3 rings (SSSR count). The molecule has 0 spiro atoms. The van der Waals surface area contributed by atoms with E-state index in [1.165, 1.54) is 16.2 Å². The van der Waals surface area contributed by atoms with Crippen LogP contribution < -0.4 is 10.2 Å². The van der Waals surface area contributed by atoms with E-state index >= 15 is 0 Å². The van der Waals surface area contributed by atoms with Crippen LogP contribution in [0.1, 0.15) is 32.0 Å². The third kappa shape index (κ3) is 3.48. The Bertz CT molecular complexity index is 613. The predicted octanol–water partition coefficient (Wildman–Crippen LogP) is 1.60. The van der Waals surface area contributed by atoms with Crippen molar-refractivity contribution in [3.63, 3.8) is 0 Å². The molecule has 124 valence electrons. The molecule has 2 atom stereocenters. The van der Waals surface area contributed by atoms with Crippen molar-refractivity contribution in [3.05, 3.63) is 47.2 Å². The molecule has 23 heavy (non-hydrogen) atoms. The predicted molar refractivity (Wildman–Crippen MR) is 94.3 cm³/mol. The Morgan fingerprint density at radius 2 is 2.09 bits per heavy atom. The van der Waals surface area contributed by atoms with Crippen LogP contribution in [0, 0.1) is 0 Å². The van der Waals surface area contributed by atoms with Gasteiger partial charge in [-0.3, -0.25) is 4.90 Å². The van der Waals surface area contributed by atoms with Crippen molar-refractivity contribution in [2.75, 3.05) is 26.9 Å². The molecule has 1 aromatic rings. The average Bonchev–Trinajstić information content (AvgIpc) is 2.53. The number of hydrogen-bond acceptors (Lipinski definition) is 3. The van der Waals surface area contributed by atoms with Crippen LogP contribution in [0.5, 0.6) is 0 Å². The van der Waals surface area contributed by atoms with Crippen LogP contribution >= 0.6 is 12.2 Å². The molecule has 5 heteroatoms. The van der Waals surface area contributed by atoms with E-state index in [9.17, 15) is 0 Å². The van der Waals surface area contributed by atoms with Gasteiger partial charge in [-0.05, 0) is 13.8 Å². The highest BCUT2D eigenvalue weighted by molar-refractivity contribution is 7.80. The first-order chi connectivity index (χ1) is 11.0. The van der Waals surface area contributed by atoms with Crippen molar-refractivity contribution in [3.8, 4) is 0 Å². The zero-order valence-corrected chi connectivity index (χ0v) is 14.8. The van der Waals surface area contributed by atoms with E-state index in [4.69, 9.17) is 21.7 Å². The molecule has 0 radical (unpaired) electrons. The summed E-state index contributed by atoms with van der Waals surface area (Å²) in [5, 5.41) is 3.52. The molecule has 2 aliphatic heterocycles. The largest absolute Gasteiger partial charge is 0.379 e. The molecular weight excluding hydrogens is 308 g/mol.